The zero-order valence-electron chi connectivity index (χ0n) is 9.39. The van der Waals surface area contributed by atoms with Crippen LogP contribution in [0.3, 0.4) is 0 Å². The van der Waals surface area contributed by atoms with Gasteiger partial charge < -0.3 is 9.47 Å². The van der Waals surface area contributed by atoms with Crippen LogP contribution < -0.4 is 9.47 Å². The predicted octanol–water partition coefficient (Wildman–Crippen LogP) is 3.62. The van der Waals surface area contributed by atoms with Crippen LogP contribution in [-0.2, 0) is 5.88 Å². The number of pyridine rings is 1. The Balaban J connectivity index is 2.19. The van der Waals surface area contributed by atoms with E-state index in [4.69, 9.17) is 21.1 Å². The summed E-state index contributed by atoms with van der Waals surface area (Å²) >= 11 is 5.69. The van der Waals surface area contributed by atoms with Crippen LogP contribution in [0, 0.1) is 0 Å². The lowest BCUT2D eigenvalue weighted by molar-refractivity contribution is 0.374. The molecule has 2 aromatic rings. The molecular formula is C13H12ClNO2. The molecule has 0 N–H and O–H groups in total. The Hall–Kier alpha value is -1.74. The Morgan fingerprint density at radius 2 is 1.88 bits per heavy atom. The van der Waals surface area contributed by atoms with Crippen molar-refractivity contribution in [1.29, 1.82) is 0 Å². The first-order chi connectivity index (χ1) is 8.33. The highest BCUT2D eigenvalue weighted by molar-refractivity contribution is 6.17. The Morgan fingerprint density at radius 1 is 1.12 bits per heavy atom. The minimum atomic E-state index is 0.446. The molecule has 0 unspecified atom stereocenters. The summed E-state index contributed by atoms with van der Waals surface area (Å²) < 4.78 is 10.8. The van der Waals surface area contributed by atoms with Crippen molar-refractivity contribution >= 4 is 11.6 Å². The smallest absolute Gasteiger partial charge is 0.219 e. The van der Waals surface area contributed by atoms with Gasteiger partial charge in [0.05, 0.1) is 7.11 Å². The average Bonchev–Trinajstić information content (AvgIpc) is 2.40. The van der Waals surface area contributed by atoms with E-state index in [2.05, 4.69) is 4.98 Å². The van der Waals surface area contributed by atoms with Gasteiger partial charge in [0.25, 0.3) is 0 Å². The second-order valence-electron chi connectivity index (χ2n) is 3.39. The van der Waals surface area contributed by atoms with Gasteiger partial charge in [0.15, 0.2) is 11.5 Å². The number of aromatic nitrogens is 1. The van der Waals surface area contributed by atoms with E-state index in [1.165, 1.54) is 0 Å². The van der Waals surface area contributed by atoms with Gasteiger partial charge in [-0.1, -0.05) is 18.2 Å². The second-order valence-corrected chi connectivity index (χ2v) is 3.66. The molecule has 88 valence electrons. The van der Waals surface area contributed by atoms with E-state index in [-0.39, 0.29) is 0 Å². The van der Waals surface area contributed by atoms with E-state index in [9.17, 15) is 0 Å². The molecule has 0 fully saturated rings. The lowest BCUT2D eigenvalue weighted by Crippen LogP contribution is -1.92. The lowest BCUT2D eigenvalue weighted by atomic mass is 10.3. The molecule has 0 spiro atoms. The van der Waals surface area contributed by atoms with Crippen LogP contribution in [0.25, 0.3) is 0 Å². The van der Waals surface area contributed by atoms with Crippen molar-refractivity contribution in [1.82, 2.24) is 4.98 Å². The summed E-state index contributed by atoms with van der Waals surface area (Å²) in [7, 11) is 1.60. The van der Waals surface area contributed by atoms with Gasteiger partial charge in [-0.15, -0.1) is 11.6 Å². The van der Waals surface area contributed by atoms with Crippen molar-refractivity contribution in [3.8, 4) is 17.4 Å². The first kappa shape index (κ1) is 11.7. The SMILES string of the molecule is COc1ccccc1Oc1ccc(CCl)cn1. The fourth-order valence-corrected chi connectivity index (χ4v) is 1.52. The minimum Gasteiger partial charge on any atom is -0.493 e. The van der Waals surface area contributed by atoms with Crippen molar-refractivity contribution in [2.45, 2.75) is 5.88 Å². The summed E-state index contributed by atoms with van der Waals surface area (Å²) in [6, 6.07) is 11.1. The standard InChI is InChI=1S/C13H12ClNO2/c1-16-11-4-2-3-5-12(11)17-13-7-6-10(8-14)9-15-13/h2-7,9H,8H2,1H3. The van der Waals surface area contributed by atoms with Gasteiger partial charge in [0, 0.05) is 18.1 Å². The van der Waals surface area contributed by atoms with Gasteiger partial charge in [-0.05, 0) is 17.7 Å². The van der Waals surface area contributed by atoms with Crippen molar-refractivity contribution in [3.63, 3.8) is 0 Å². The zero-order valence-corrected chi connectivity index (χ0v) is 10.1. The summed E-state index contributed by atoms with van der Waals surface area (Å²) in [6.07, 6.45) is 1.69. The molecule has 3 nitrogen and oxygen atoms in total. The third kappa shape index (κ3) is 2.88. The van der Waals surface area contributed by atoms with Gasteiger partial charge in [-0.3, -0.25) is 0 Å². The van der Waals surface area contributed by atoms with Crippen molar-refractivity contribution in [2.24, 2.45) is 0 Å². The van der Waals surface area contributed by atoms with Gasteiger partial charge >= 0.3 is 0 Å². The molecular weight excluding hydrogens is 238 g/mol. The highest BCUT2D eigenvalue weighted by Gasteiger charge is 2.04. The Labute approximate surface area is 105 Å². The van der Waals surface area contributed by atoms with Crippen molar-refractivity contribution in [2.75, 3.05) is 7.11 Å². The summed E-state index contributed by atoms with van der Waals surface area (Å²) in [4.78, 5) is 4.16. The number of alkyl halides is 1. The summed E-state index contributed by atoms with van der Waals surface area (Å²) in [6.45, 7) is 0. The van der Waals surface area contributed by atoms with E-state index in [0.29, 0.717) is 23.3 Å². The van der Waals surface area contributed by atoms with Gasteiger partial charge in [-0.2, -0.15) is 0 Å². The predicted molar refractivity (Wildman–Crippen MR) is 66.9 cm³/mol. The topological polar surface area (TPSA) is 31.4 Å². The first-order valence-corrected chi connectivity index (χ1v) is 5.68. The number of ether oxygens (including phenoxy) is 2. The maximum Gasteiger partial charge on any atom is 0.219 e. The molecule has 1 aromatic heterocycles. The minimum absolute atomic E-state index is 0.446. The molecule has 1 heterocycles. The number of nitrogens with zero attached hydrogens (tertiary/aromatic N) is 1. The zero-order chi connectivity index (χ0) is 12.1. The van der Waals surface area contributed by atoms with Crippen molar-refractivity contribution < 1.29 is 9.47 Å². The second kappa shape index (κ2) is 5.55. The van der Waals surface area contributed by atoms with Crippen molar-refractivity contribution in [3.05, 3.63) is 48.2 Å². The normalized spacial score (nSPS) is 10.0. The van der Waals surface area contributed by atoms with Crippen LogP contribution in [0.4, 0.5) is 0 Å². The van der Waals surface area contributed by atoms with Gasteiger partial charge in [0.2, 0.25) is 5.88 Å². The number of hydrogen-bond donors (Lipinski definition) is 0. The Bertz CT molecular complexity index is 485. The number of hydrogen-bond acceptors (Lipinski definition) is 3. The summed E-state index contributed by atoms with van der Waals surface area (Å²) in [5, 5.41) is 0. The molecule has 0 aliphatic heterocycles. The van der Waals surface area contributed by atoms with Crippen LogP contribution in [0.2, 0.25) is 0 Å². The van der Waals surface area contributed by atoms with E-state index >= 15 is 0 Å². The number of para-hydroxylation sites is 2. The van der Waals surface area contributed by atoms with E-state index < -0.39 is 0 Å². The molecule has 0 amide bonds. The quantitative estimate of drug-likeness (QED) is 0.776. The molecule has 0 atom stereocenters. The first-order valence-electron chi connectivity index (χ1n) is 5.15. The van der Waals surface area contributed by atoms with Crippen LogP contribution in [0.1, 0.15) is 5.56 Å². The van der Waals surface area contributed by atoms with E-state index in [1.54, 1.807) is 19.4 Å². The van der Waals surface area contributed by atoms with E-state index in [0.717, 1.165) is 5.56 Å². The number of rotatable bonds is 4. The summed E-state index contributed by atoms with van der Waals surface area (Å²) in [5.74, 6) is 2.28. The van der Waals surface area contributed by atoms with Crippen LogP contribution in [0.15, 0.2) is 42.6 Å². The Kier molecular flexibility index (Phi) is 3.83. The Morgan fingerprint density at radius 3 is 2.47 bits per heavy atom. The maximum absolute atomic E-state index is 5.69. The molecule has 4 heteroatoms. The molecule has 0 aliphatic carbocycles. The summed E-state index contributed by atoms with van der Waals surface area (Å²) in [5.41, 5.74) is 0.957. The van der Waals surface area contributed by atoms with Gasteiger partial charge in [0.1, 0.15) is 0 Å². The number of halogens is 1. The highest BCUT2D eigenvalue weighted by Crippen LogP contribution is 2.29. The fraction of sp³-hybridized carbons (Fsp3) is 0.154. The largest absolute Gasteiger partial charge is 0.493 e. The molecule has 0 saturated heterocycles. The monoisotopic (exact) mass is 249 g/mol. The third-order valence-electron chi connectivity index (χ3n) is 2.24. The average molecular weight is 250 g/mol. The fourth-order valence-electron chi connectivity index (χ4n) is 1.37. The highest BCUT2D eigenvalue weighted by atomic mass is 35.5. The molecule has 0 saturated carbocycles. The van der Waals surface area contributed by atoms with E-state index in [1.807, 2.05) is 30.3 Å². The molecule has 0 bridgehead atoms. The molecule has 1 aromatic carbocycles. The maximum atomic E-state index is 5.69. The van der Waals surface area contributed by atoms with Crippen LogP contribution in [-0.4, -0.2) is 12.1 Å². The molecule has 0 radical (unpaired) electrons. The lowest BCUT2D eigenvalue weighted by Gasteiger charge is -2.09. The van der Waals surface area contributed by atoms with Crippen LogP contribution >= 0.6 is 11.6 Å². The van der Waals surface area contributed by atoms with Crippen LogP contribution in [0.5, 0.6) is 17.4 Å². The molecule has 2 rings (SSSR count). The number of methoxy groups -OCH3 is 1. The molecule has 17 heavy (non-hydrogen) atoms. The van der Waals surface area contributed by atoms with Gasteiger partial charge in [-0.25, -0.2) is 4.98 Å². The molecule has 0 aliphatic rings. The number of benzene rings is 1. The third-order valence-corrected chi connectivity index (χ3v) is 2.54.